The third kappa shape index (κ3) is 3.25. The van der Waals surface area contributed by atoms with E-state index in [4.69, 9.17) is 15.6 Å². The van der Waals surface area contributed by atoms with Gasteiger partial charge < -0.3 is 15.6 Å². The lowest BCUT2D eigenvalue weighted by Gasteiger charge is -2.11. The summed E-state index contributed by atoms with van der Waals surface area (Å²) in [4.78, 5) is 10.6. The minimum Gasteiger partial charge on any atom is -0.491 e. The Morgan fingerprint density at radius 1 is 1.33 bits per heavy atom. The molecule has 4 heteroatoms. The summed E-state index contributed by atoms with van der Waals surface area (Å²) in [6.07, 6.45) is 0.101. The maximum atomic E-state index is 10.6. The summed E-state index contributed by atoms with van der Waals surface area (Å²) in [7, 11) is 0. The SMILES string of the molecule is CC(C)Oc1ccc(C(N)C(=O)O)cc1. The highest BCUT2D eigenvalue weighted by Crippen LogP contribution is 2.17. The zero-order valence-corrected chi connectivity index (χ0v) is 8.81. The van der Waals surface area contributed by atoms with Crippen LogP contribution >= 0.6 is 0 Å². The molecule has 0 bridgehead atoms. The van der Waals surface area contributed by atoms with Gasteiger partial charge in [0, 0.05) is 0 Å². The molecule has 0 fully saturated rings. The highest BCUT2D eigenvalue weighted by atomic mass is 16.5. The lowest BCUT2D eigenvalue weighted by atomic mass is 10.1. The normalized spacial score (nSPS) is 12.5. The van der Waals surface area contributed by atoms with E-state index in [2.05, 4.69) is 0 Å². The van der Waals surface area contributed by atoms with Gasteiger partial charge in [-0.1, -0.05) is 12.1 Å². The van der Waals surface area contributed by atoms with Gasteiger partial charge >= 0.3 is 5.97 Å². The number of ether oxygens (including phenoxy) is 1. The highest BCUT2D eigenvalue weighted by Gasteiger charge is 2.13. The van der Waals surface area contributed by atoms with Crippen molar-refractivity contribution in [2.24, 2.45) is 5.73 Å². The van der Waals surface area contributed by atoms with E-state index in [1.165, 1.54) is 0 Å². The van der Waals surface area contributed by atoms with Crippen molar-refractivity contribution in [1.82, 2.24) is 0 Å². The lowest BCUT2D eigenvalue weighted by molar-refractivity contribution is -0.138. The molecular formula is C11H15NO3. The van der Waals surface area contributed by atoms with Crippen molar-refractivity contribution < 1.29 is 14.6 Å². The van der Waals surface area contributed by atoms with E-state index in [-0.39, 0.29) is 6.10 Å². The number of hydrogen-bond acceptors (Lipinski definition) is 3. The Hall–Kier alpha value is -1.55. The van der Waals surface area contributed by atoms with Crippen molar-refractivity contribution in [2.75, 3.05) is 0 Å². The molecule has 0 amide bonds. The van der Waals surface area contributed by atoms with Crippen LogP contribution in [0.25, 0.3) is 0 Å². The summed E-state index contributed by atoms with van der Waals surface area (Å²) < 4.78 is 5.42. The third-order valence-corrected chi connectivity index (χ3v) is 1.88. The summed E-state index contributed by atoms with van der Waals surface area (Å²) in [5.41, 5.74) is 6.02. The van der Waals surface area contributed by atoms with Crippen LogP contribution in [-0.4, -0.2) is 17.2 Å². The van der Waals surface area contributed by atoms with Crippen molar-refractivity contribution in [3.8, 4) is 5.75 Å². The van der Waals surface area contributed by atoms with Gasteiger partial charge in [0.25, 0.3) is 0 Å². The molecule has 1 aromatic rings. The van der Waals surface area contributed by atoms with E-state index in [1.54, 1.807) is 24.3 Å². The summed E-state index contributed by atoms with van der Waals surface area (Å²) in [6, 6.07) is 5.79. The first-order valence-corrected chi connectivity index (χ1v) is 4.75. The Balaban J connectivity index is 2.76. The molecular weight excluding hydrogens is 194 g/mol. The van der Waals surface area contributed by atoms with Gasteiger partial charge in [-0.25, -0.2) is 0 Å². The molecule has 0 saturated carbocycles. The van der Waals surface area contributed by atoms with Crippen LogP contribution in [0.3, 0.4) is 0 Å². The smallest absolute Gasteiger partial charge is 0.325 e. The average Bonchev–Trinajstić information content (AvgIpc) is 2.17. The Bertz CT molecular complexity index is 332. The maximum Gasteiger partial charge on any atom is 0.325 e. The van der Waals surface area contributed by atoms with Gasteiger partial charge in [0.15, 0.2) is 0 Å². The second-order valence-corrected chi connectivity index (χ2v) is 3.55. The van der Waals surface area contributed by atoms with Gasteiger partial charge in [-0.05, 0) is 31.5 Å². The third-order valence-electron chi connectivity index (χ3n) is 1.88. The molecule has 15 heavy (non-hydrogen) atoms. The predicted octanol–water partition coefficient (Wildman–Crippen LogP) is 1.56. The molecule has 0 spiro atoms. The summed E-state index contributed by atoms with van der Waals surface area (Å²) in [5.74, 6) is -0.320. The van der Waals surface area contributed by atoms with E-state index in [0.29, 0.717) is 11.3 Å². The first-order chi connectivity index (χ1) is 7.00. The fraction of sp³-hybridized carbons (Fsp3) is 0.364. The number of aliphatic carboxylic acids is 1. The second-order valence-electron chi connectivity index (χ2n) is 3.55. The van der Waals surface area contributed by atoms with E-state index in [0.717, 1.165) is 0 Å². The largest absolute Gasteiger partial charge is 0.491 e. The molecule has 1 atom stereocenters. The van der Waals surface area contributed by atoms with E-state index in [1.807, 2.05) is 13.8 Å². The lowest BCUT2D eigenvalue weighted by Crippen LogP contribution is -2.20. The Morgan fingerprint density at radius 2 is 1.87 bits per heavy atom. The molecule has 1 rings (SSSR count). The van der Waals surface area contributed by atoms with Crippen LogP contribution in [-0.2, 0) is 4.79 Å². The molecule has 3 N–H and O–H groups in total. The number of nitrogens with two attached hydrogens (primary N) is 1. The quantitative estimate of drug-likeness (QED) is 0.789. The van der Waals surface area contributed by atoms with Crippen LogP contribution < -0.4 is 10.5 Å². The number of benzene rings is 1. The summed E-state index contributed by atoms with van der Waals surface area (Å²) in [5, 5.41) is 8.69. The van der Waals surface area contributed by atoms with Gasteiger partial charge in [0.2, 0.25) is 0 Å². The van der Waals surface area contributed by atoms with Crippen LogP contribution in [0, 0.1) is 0 Å². The Labute approximate surface area is 88.7 Å². The van der Waals surface area contributed by atoms with E-state index in [9.17, 15) is 4.79 Å². The first-order valence-electron chi connectivity index (χ1n) is 4.75. The molecule has 1 aromatic carbocycles. The van der Waals surface area contributed by atoms with E-state index >= 15 is 0 Å². The molecule has 0 radical (unpaired) electrons. The summed E-state index contributed by atoms with van der Waals surface area (Å²) in [6.45, 7) is 3.85. The average molecular weight is 209 g/mol. The second kappa shape index (κ2) is 4.79. The standard InChI is InChI=1S/C11H15NO3/c1-7(2)15-9-5-3-8(4-6-9)10(12)11(13)14/h3-7,10H,12H2,1-2H3,(H,13,14). The number of carbonyl (C=O) groups is 1. The topological polar surface area (TPSA) is 72.5 Å². The van der Waals surface area contributed by atoms with Gasteiger partial charge in [0.05, 0.1) is 6.10 Å². The van der Waals surface area contributed by atoms with Crippen molar-refractivity contribution in [2.45, 2.75) is 26.0 Å². The molecule has 0 aromatic heterocycles. The minimum absolute atomic E-state index is 0.101. The molecule has 82 valence electrons. The molecule has 0 aliphatic carbocycles. The molecule has 4 nitrogen and oxygen atoms in total. The van der Waals surface area contributed by atoms with Crippen LogP contribution in [0.1, 0.15) is 25.5 Å². The fourth-order valence-corrected chi connectivity index (χ4v) is 1.17. The minimum atomic E-state index is -1.03. The molecule has 0 saturated heterocycles. The molecule has 0 aliphatic heterocycles. The highest BCUT2D eigenvalue weighted by molar-refractivity contribution is 5.75. The maximum absolute atomic E-state index is 10.6. The van der Waals surface area contributed by atoms with Gasteiger partial charge in [-0.15, -0.1) is 0 Å². The summed E-state index contributed by atoms with van der Waals surface area (Å²) >= 11 is 0. The van der Waals surface area contributed by atoms with Crippen molar-refractivity contribution in [3.05, 3.63) is 29.8 Å². The number of carboxylic acid groups (broad SMARTS) is 1. The van der Waals surface area contributed by atoms with Crippen LogP contribution in [0.4, 0.5) is 0 Å². The van der Waals surface area contributed by atoms with Crippen molar-refractivity contribution in [3.63, 3.8) is 0 Å². The Morgan fingerprint density at radius 3 is 2.27 bits per heavy atom. The Kier molecular flexibility index (Phi) is 3.68. The molecule has 0 heterocycles. The van der Waals surface area contributed by atoms with Crippen LogP contribution in [0.15, 0.2) is 24.3 Å². The van der Waals surface area contributed by atoms with Crippen LogP contribution in [0.5, 0.6) is 5.75 Å². The first kappa shape index (κ1) is 11.5. The zero-order valence-electron chi connectivity index (χ0n) is 8.81. The monoisotopic (exact) mass is 209 g/mol. The van der Waals surface area contributed by atoms with E-state index < -0.39 is 12.0 Å². The fourth-order valence-electron chi connectivity index (χ4n) is 1.17. The number of rotatable bonds is 4. The molecule has 0 aliphatic rings. The van der Waals surface area contributed by atoms with Crippen LogP contribution in [0.2, 0.25) is 0 Å². The van der Waals surface area contributed by atoms with Crippen molar-refractivity contribution in [1.29, 1.82) is 0 Å². The predicted molar refractivity (Wildman–Crippen MR) is 56.8 cm³/mol. The van der Waals surface area contributed by atoms with Gasteiger partial charge in [-0.3, -0.25) is 4.79 Å². The number of carboxylic acids is 1. The number of hydrogen-bond donors (Lipinski definition) is 2. The van der Waals surface area contributed by atoms with Gasteiger partial charge in [0.1, 0.15) is 11.8 Å². The zero-order chi connectivity index (χ0) is 11.4. The van der Waals surface area contributed by atoms with Gasteiger partial charge in [-0.2, -0.15) is 0 Å². The van der Waals surface area contributed by atoms with Crippen molar-refractivity contribution >= 4 is 5.97 Å². The molecule has 1 unspecified atom stereocenters.